The zero-order chi connectivity index (χ0) is 15.3. The first-order valence-electron chi connectivity index (χ1n) is 7.12. The molecule has 0 saturated carbocycles. The first-order chi connectivity index (χ1) is 9.26. The van der Waals surface area contributed by atoms with Crippen molar-refractivity contribution in [2.45, 2.75) is 59.7 Å². The molecule has 0 atom stereocenters. The quantitative estimate of drug-likeness (QED) is 0.731. The summed E-state index contributed by atoms with van der Waals surface area (Å²) in [6.45, 7) is 11.0. The molecule has 0 fully saturated rings. The van der Waals surface area contributed by atoms with Crippen LogP contribution in [0.4, 0.5) is 10.5 Å². The highest BCUT2D eigenvalue weighted by Crippen LogP contribution is 2.26. The number of nitrogens with zero attached hydrogens (tertiary/aromatic N) is 1. The highest BCUT2D eigenvalue weighted by molar-refractivity contribution is 5.69. The molecule has 1 aromatic rings. The van der Waals surface area contributed by atoms with Crippen molar-refractivity contribution in [3.8, 4) is 0 Å². The van der Waals surface area contributed by atoms with Gasteiger partial charge in [-0.25, -0.2) is 4.79 Å². The van der Waals surface area contributed by atoms with Crippen molar-refractivity contribution in [2.75, 3.05) is 5.73 Å². The molecule has 0 aliphatic carbocycles. The van der Waals surface area contributed by atoms with Crippen LogP contribution in [0.5, 0.6) is 0 Å². The SMILES string of the molecule is CC(C)(C)OC(=O)N1Cc2ccc(N)cc2C1.CCC. The number of nitrogens with two attached hydrogens (primary N) is 1. The molecule has 0 spiro atoms. The summed E-state index contributed by atoms with van der Waals surface area (Å²) >= 11 is 0. The van der Waals surface area contributed by atoms with Gasteiger partial charge in [0.15, 0.2) is 0 Å². The fraction of sp³-hybridized carbons (Fsp3) is 0.562. The number of ether oxygens (including phenoxy) is 1. The lowest BCUT2D eigenvalue weighted by atomic mass is 10.1. The van der Waals surface area contributed by atoms with Gasteiger partial charge in [-0.1, -0.05) is 26.3 Å². The summed E-state index contributed by atoms with van der Waals surface area (Å²) in [5.74, 6) is 0. The predicted molar refractivity (Wildman–Crippen MR) is 82.3 cm³/mol. The molecule has 0 radical (unpaired) electrons. The van der Waals surface area contributed by atoms with E-state index in [1.807, 2.05) is 39.0 Å². The maximum Gasteiger partial charge on any atom is 0.410 e. The average Bonchev–Trinajstić information content (AvgIpc) is 2.70. The van der Waals surface area contributed by atoms with Gasteiger partial charge in [-0.3, -0.25) is 4.90 Å². The summed E-state index contributed by atoms with van der Waals surface area (Å²) in [6, 6.07) is 5.74. The van der Waals surface area contributed by atoms with Gasteiger partial charge in [-0.05, 0) is 44.0 Å². The predicted octanol–water partition coefficient (Wildman–Crippen LogP) is 3.94. The summed E-state index contributed by atoms with van der Waals surface area (Å²) in [5, 5.41) is 0. The monoisotopic (exact) mass is 278 g/mol. The van der Waals surface area contributed by atoms with Gasteiger partial charge in [0, 0.05) is 18.8 Å². The molecular weight excluding hydrogens is 252 g/mol. The van der Waals surface area contributed by atoms with Gasteiger partial charge in [0.05, 0.1) is 0 Å². The van der Waals surface area contributed by atoms with Crippen molar-refractivity contribution in [3.05, 3.63) is 29.3 Å². The molecule has 0 unspecified atom stereocenters. The van der Waals surface area contributed by atoms with Crippen LogP contribution in [-0.4, -0.2) is 16.6 Å². The van der Waals surface area contributed by atoms with E-state index in [1.54, 1.807) is 4.90 Å². The lowest BCUT2D eigenvalue weighted by Crippen LogP contribution is -2.33. The highest BCUT2D eigenvalue weighted by atomic mass is 16.6. The summed E-state index contributed by atoms with van der Waals surface area (Å²) in [6.07, 6.45) is 0.979. The van der Waals surface area contributed by atoms with E-state index >= 15 is 0 Å². The van der Waals surface area contributed by atoms with E-state index in [1.165, 1.54) is 6.42 Å². The molecule has 1 aliphatic heterocycles. The smallest absolute Gasteiger partial charge is 0.410 e. The Balaban J connectivity index is 0.000000612. The third-order valence-electron chi connectivity index (χ3n) is 2.60. The Morgan fingerprint density at radius 1 is 1.25 bits per heavy atom. The van der Waals surface area contributed by atoms with Gasteiger partial charge in [0.2, 0.25) is 0 Å². The van der Waals surface area contributed by atoms with Gasteiger partial charge in [0.25, 0.3) is 0 Å². The van der Waals surface area contributed by atoms with Gasteiger partial charge in [0.1, 0.15) is 5.60 Å². The molecule has 112 valence electrons. The molecule has 4 heteroatoms. The Labute approximate surface area is 121 Å². The van der Waals surface area contributed by atoms with Crippen molar-refractivity contribution in [1.29, 1.82) is 0 Å². The van der Waals surface area contributed by atoms with Crippen LogP contribution >= 0.6 is 0 Å². The van der Waals surface area contributed by atoms with Crippen LogP contribution in [0.3, 0.4) is 0 Å². The van der Waals surface area contributed by atoms with Crippen LogP contribution in [-0.2, 0) is 17.8 Å². The maximum absolute atomic E-state index is 11.9. The first kappa shape index (κ1) is 16.3. The number of hydrogen-bond donors (Lipinski definition) is 1. The third kappa shape index (κ3) is 4.76. The number of anilines is 1. The van der Waals surface area contributed by atoms with E-state index in [0.717, 1.165) is 16.8 Å². The molecule has 1 aromatic carbocycles. The number of carbonyl (C=O) groups is 1. The van der Waals surface area contributed by atoms with Crippen molar-refractivity contribution in [2.24, 2.45) is 0 Å². The van der Waals surface area contributed by atoms with Crippen LogP contribution < -0.4 is 5.73 Å². The fourth-order valence-electron chi connectivity index (χ4n) is 1.87. The molecule has 1 amide bonds. The van der Waals surface area contributed by atoms with E-state index in [0.29, 0.717) is 13.1 Å². The average molecular weight is 278 g/mol. The lowest BCUT2D eigenvalue weighted by Gasteiger charge is -2.24. The lowest BCUT2D eigenvalue weighted by molar-refractivity contribution is 0.0242. The van der Waals surface area contributed by atoms with Gasteiger partial charge in [-0.2, -0.15) is 0 Å². The first-order valence-corrected chi connectivity index (χ1v) is 7.12. The number of benzene rings is 1. The Morgan fingerprint density at radius 2 is 1.80 bits per heavy atom. The second kappa shape index (κ2) is 6.64. The number of carbonyl (C=O) groups excluding carboxylic acids is 1. The molecule has 1 aliphatic rings. The Kier molecular flexibility index (Phi) is 5.43. The number of rotatable bonds is 0. The van der Waals surface area contributed by atoms with E-state index < -0.39 is 5.60 Å². The normalized spacial score (nSPS) is 13.3. The van der Waals surface area contributed by atoms with Crippen molar-refractivity contribution < 1.29 is 9.53 Å². The van der Waals surface area contributed by atoms with Gasteiger partial charge < -0.3 is 10.5 Å². The van der Waals surface area contributed by atoms with Crippen LogP contribution in [0.25, 0.3) is 0 Å². The summed E-state index contributed by atoms with van der Waals surface area (Å²) in [5.41, 5.74) is 8.25. The van der Waals surface area contributed by atoms with Crippen molar-refractivity contribution in [1.82, 2.24) is 4.90 Å². The summed E-state index contributed by atoms with van der Waals surface area (Å²) in [4.78, 5) is 13.6. The van der Waals surface area contributed by atoms with Crippen molar-refractivity contribution >= 4 is 11.8 Å². The molecular formula is C16H26N2O2. The Hall–Kier alpha value is -1.71. The molecule has 2 N–H and O–H groups in total. The molecule has 20 heavy (non-hydrogen) atoms. The zero-order valence-electron chi connectivity index (χ0n) is 13.2. The third-order valence-corrected chi connectivity index (χ3v) is 2.60. The second-order valence-electron chi connectivity index (χ2n) is 6.07. The molecule has 1 heterocycles. The molecule has 0 bridgehead atoms. The van der Waals surface area contributed by atoms with Gasteiger partial charge in [-0.15, -0.1) is 0 Å². The molecule has 0 aromatic heterocycles. The largest absolute Gasteiger partial charge is 0.444 e. The highest BCUT2D eigenvalue weighted by Gasteiger charge is 2.27. The van der Waals surface area contributed by atoms with E-state index in [-0.39, 0.29) is 6.09 Å². The Morgan fingerprint density at radius 3 is 2.35 bits per heavy atom. The number of amides is 1. The summed E-state index contributed by atoms with van der Waals surface area (Å²) < 4.78 is 5.34. The zero-order valence-corrected chi connectivity index (χ0v) is 13.2. The minimum atomic E-state index is -0.453. The minimum Gasteiger partial charge on any atom is -0.444 e. The number of nitrogen functional groups attached to an aromatic ring is 1. The Bertz CT molecular complexity index is 464. The van der Waals surface area contributed by atoms with Crippen LogP contribution in [0.15, 0.2) is 18.2 Å². The molecule has 2 rings (SSSR count). The van der Waals surface area contributed by atoms with Crippen LogP contribution in [0, 0.1) is 0 Å². The van der Waals surface area contributed by atoms with Crippen LogP contribution in [0.2, 0.25) is 0 Å². The second-order valence-corrected chi connectivity index (χ2v) is 6.07. The van der Waals surface area contributed by atoms with E-state index in [9.17, 15) is 4.79 Å². The van der Waals surface area contributed by atoms with Crippen LogP contribution in [0.1, 0.15) is 52.2 Å². The number of fused-ring (bicyclic) bond motifs is 1. The molecule has 0 saturated heterocycles. The number of hydrogen-bond acceptors (Lipinski definition) is 3. The van der Waals surface area contributed by atoms with Crippen molar-refractivity contribution in [3.63, 3.8) is 0 Å². The standard InChI is InChI=1S/C13H18N2O2.C3H8/c1-13(2,3)17-12(16)15-7-9-4-5-11(14)6-10(9)8-15;1-3-2/h4-6H,7-8,14H2,1-3H3;3H2,1-2H3. The molecule has 4 nitrogen and oxygen atoms in total. The summed E-state index contributed by atoms with van der Waals surface area (Å²) in [7, 11) is 0. The fourth-order valence-corrected chi connectivity index (χ4v) is 1.87. The maximum atomic E-state index is 11.9. The topological polar surface area (TPSA) is 55.6 Å². The van der Waals surface area contributed by atoms with E-state index in [4.69, 9.17) is 10.5 Å². The van der Waals surface area contributed by atoms with Gasteiger partial charge >= 0.3 is 6.09 Å². The van der Waals surface area contributed by atoms with E-state index in [2.05, 4.69) is 13.8 Å². The minimum absolute atomic E-state index is 0.271.